The molecule has 0 aliphatic carbocycles. The molecule has 0 aromatic heterocycles. The molecule has 0 fully saturated rings. The first-order valence-corrected chi connectivity index (χ1v) is 9.93. The Morgan fingerprint density at radius 3 is 2.29 bits per heavy atom. The van der Waals surface area contributed by atoms with E-state index >= 15 is 0 Å². The fourth-order valence-corrected chi connectivity index (χ4v) is 3.15. The molecule has 0 aliphatic heterocycles. The minimum atomic E-state index is -3.85. The number of amides is 1. The molecular weight excluding hydrogens is 380 g/mol. The summed E-state index contributed by atoms with van der Waals surface area (Å²) in [6.07, 6.45) is -1.05. The molecule has 3 aromatic carbocycles. The van der Waals surface area contributed by atoms with Crippen molar-refractivity contribution in [3.05, 3.63) is 72.3 Å². The van der Waals surface area contributed by atoms with Gasteiger partial charge in [-0.25, -0.2) is 18.4 Å². The van der Waals surface area contributed by atoms with Crippen LogP contribution in [0.25, 0.3) is 10.8 Å². The van der Waals surface area contributed by atoms with Crippen molar-refractivity contribution in [2.24, 2.45) is 5.14 Å². The highest BCUT2D eigenvalue weighted by Crippen LogP contribution is 2.23. The SMILES string of the molecule is CC(OC(=O)c1ccc(S(N)(=O)=O)cc1)C(=O)Nc1cccc2ccccc12. The van der Waals surface area contributed by atoms with E-state index in [-0.39, 0.29) is 10.5 Å². The molecule has 0 heterocycles. The number of fused-ring (bicyclic) bond motifs is 1. The first-order chi connectivity index (χ1) is 13.3. The summed E-state index contributed by atoms with van der Waals surface area (Å²) in [6, 6.07) is 18.1. The fourth-order valence-electron chi connectivity index (χ4n) is 2.63. The van der Waals surface area contributed by atoms with Crippen molar-refractivity contribution in [3.63, 3.8) is 0 Å². The Hall–Kier alpha value is -3.23. The zero-order chi connectivity index (χ0) is 20.3. The van der Waals surface area contributed by atoms with Crippen molar-refractivity contribution in [2.45, 2.75) is 17.9 Å². The van der Waals surface area contributed by atoms with Crippen molar-refractivity contribution < 1.29 is 22.7 Å². The number of nitrogens with two attached hydrogens (primary N) is 1. The molecule has 8 heteroatoms. The zero-order valence-corrected chi connectivity index (χ0v) is 15.8. The third-order valence-electron chi connectivity index (χ3n) is 4.12. The van der Waals surface area contributed by atoms with Crippen LogP contribution in [0.15, 0.2) is 71.6 Å². The predicted octanol–water partition coefficient (Wildman–Crippen LogP) is 2.67. The maximum absolute atomic E-state index is 12.4. The van der Waals surface area contributed by atoms with E-state index < -0.39 is 28.0 Å². The molecule has 0 bridgehead atoms. The molecule has 3 rings (SSSR count). The van der Waals surface area contributed by atoms with Gasteiger partial charge in [0.05, 0.1) is 10.5 Å². The number of rotatable bonds is 5. The van der Waals surface area contributed by atoms with Crippen molar-refractivity contribution >= 4 is 38.4 Å². The lowest BCUT2D eigenvalue weighted by Crippen LogP contribution is -2.30. The quantitative estimate of drug-likeness (QED) is 0.641. The Labute approximate surface area is 162 Å². The van der Waals surface area contributed by atoms with E-state index in [9.17, 15) is 18.0 Å². The van der Waals surface area contributed by atoms with Crippen LogP contribution in [0.1, 0.15) is 17.3 Å². The van der Waals surface area contributed by atoms with Gasteiger partial charge in [-0.05, 0) is 42.6 Å². The van der Waals surface area contributed by atoms with E-state index in [1.807, 2.05) is 36.4 Å². The summed E-state index contributed by atoms with van der Waals surface area (Å²) in [6.45, 7) is 1.46. The van der Waals surface area contributed by atoms with Crippen LogP contribution in [0.4, 0.5) is 5.69 Å². The largest absolute Gasteiger partial charge is 0.449 e. The van der Waals surface area contributed by atoms with Gasteiger partial charge in [0.2, 0.25) is 10.0 Å². The summed E-state index contributed by atoms with van der Waals surface area (Å²) >= 11 is 0. The van der Waals surface area contributed by atoms with E-state index in [2.05, 4.69) is 5.32 Å². The molecule has 0 aliphatic rings. The minimum absolute atomic E-state index is 0.109. The number of anilines is 1. The number of carbonyl (C=O) groups excluding carboxylic acids is 2. The highest BCUT2D eigenvalue weighted by Gasteiger charge is 2.20. The number of benzene rings is 3. The number of hydrogen-bond donors (Lipinski definition) is 2. The van der Waals surface area contributed by atoms with Crippen LogP contribution in [0, 0.1) is 0 Å². The third kappa shape index (κ3) is 4.36. The summed E-state index contributed by atoms with van der Waals surface area (Å²) in [4.78, 5) is 24.5. The standard InChI is InChI=1S/C20H18N2O5S/c1-13(27-20(24)15-9-11-16(12-10-15)28(21,25)26)19(23)22-18-8-4-6-14-5-2-3-7-17(14)18/h2-13H,1H3,(H,22,23)(H2,21,25,26). The molecule has 1 atom stereocenters. The molecule has 0 spiro atoms. The van der Waals surface area contributed by atoms with Gasteiger partial charge in [0.1, 0.15) is 0 Å². The molecule has 0 radical (unpaired) electrons. The maximum atomic E-state index is 12.4. The Bertz CT molecular complexity index is 1140. The average Bonchev–Trinajstić information content (AvgIpc) is 2.67. The lowest BCUT2D eigenvalue weighted by Gasteiger charge is -2.15. The average molecular weight is 398 g/mol. The Morgan fingerprint density at radius 1 is 0.964 bits per heavy atom. The Kier molecular flexibility index (Phi) is 5.43. The topological polar surface area (TPSA) is 116 Å². The molecule has 3 aromatic rings. The fraction of sp³-hybridized carbons (Fsp3) is 0.100. The third-order valence-corrected chi connectivity index (χ3v) is 5.05. The summed E-state index contributed by atoms with van der Waals surface area (Å²) in [5.41, 5.74) is 0.723. The lowest BCUT2D eigenvalue weighted by atomic mass is 10.1. The highest BCUT2D eigenvalue weighted by atomic mass is 32.2. The predicted molar refractivity (Wildman–Crippen MR) is 105 cm³/mol. The summed E-state index contributed by atoms with van der Waals surface area (Å²) in [5, 5.41) is 9.62. The first-order valence-electron chi connectivity index (χ1n) is 8.38. The zero-order valence-electron chi connectivity index (χ0n) is 15.0. The van der Waals surface area contributed by atoms with Crippen molar-refractivity contribution in [3.8, 4) is 0 Å². The van der Waals surface area contributed by atoms with Gasteiger partial charge in [-0.3, -0.25) is 4.79 Å². The molecule has 28 heavy (non-hydrogen) atoms. The molecule has 144 valence electrons. The Morgan fingerprint density at radius 2 is 1.61 bits per heavy atom. The van der Waals surface area contributed by atoms with Gasteiger partial charge in [-0.15, -0.1) is 0 Å². The monoisotopic (exact) mass is 398 g/mol. The van der Waals surface area contributed by atoms with Gasteiger partial charge >= 0.3 is 5.97 Å². The van der Waals surface area contributed by atoms with E-state index in [0.29, 0.717) is 5.69 Å². The molecule has 0 saturated carbocycles. The number of carbonyl (C=O) groups is 2. The normalized spacial score (nSPS) is 12.4. The van der Waals surface area contributed by atoms with Crippen molar-refractivity contribution in [1.82, 2.24) is 0 Å². The van der Waals surface area contributed by atoms with Crippen LogP contribution in [0.2, 0.25) is 0 Å². The number of nitrogens with one attached hydrogen (secondary N) is 1. The van der Waals surface area contributed by atoms with Crippen LogP contribution < -0.4 is 10.5 Å². The number of ether oxygens (including phenoxy) is 1. The molecular formula is C20H18N2O5S. The summed E-state index contributed by atoms with van der Waals surface area (Å²) in [7, 11) is -3.85. The van der Waals surface area contributed by atoms with Crippen molar-refractivity contribution in [2.75, 3.05) is 5.32 Å². The van der Waals surface area contributed by atoms with Gasteiger partial charge in [0, 0.05) is 11.1 Å². The molecule has 1 amide bonds. The Balaban J connectivity index is 1.69. The van der Waals surface area contributed by atoms with Crippen LogP contribution >= 0.6 is 0 Å². The molecule has 1 unspecified atom stereocenters. The van der Waals surface area contributed by atoms with E-state index in [1.54, 1.807) is 6.07 Å². The first kappa shape index (κ1) is 19.5. The molecule has 3 N–H and O–H groups in total. The van der Waals surface area contributed by atoms with E-state index in [1.165, 1.54) is 31.2 Å². The van der Waals surface area contributed by atoms with Crippen LogP contribution in [0.3, 0.4) is 0 Å². The second-order valence-electron chi connectivity index (χ2n) is 6.13. The maximum Gasteiger partial charge on any atom is 0.338 e. The minimum Gasteiger partial charge on any atom is -0.449 e. The van der Waals surface area contributed by atoms with Crippen LogP contribution in [-0.4, -0.2) is 26.4 Å². The van der Waals surface area contributed by atoms with Gasteiger partial charge in [0.25, 0.3) is 5.91 Å². The van der Waals surface area contributed by atoms with Gasteiger partial charge in [-0.1, -0.05) is 36.4 Å². The second kappa shape index (κ2) is 7.79. The number of hydrogen-bond acceptors (Lipinski definition) is 5. The van der Waals surface area contributed by atoms with E-state index in [4.69, 9.17) is 9.88 Å². The number of sulfonamides is 1. The van der Waals surface area contributed by atoms with Gasteiger partial charge in [0.15, 0.2) is 6.10 Å². The second-order valence-corrected chi connectivity index (χ2v) is 7.69. The molecule has 0 saturated heterocycles. The summed E-state index contributed by atoms with van der Waals surface area (Å²) in [5.74, 6) is -1.23. The summed E-state index contributed by atoms with van der Waals surface area (Å²) < 4.78 is 27.7. The van der Waals surface area contributed by atoms with E-state index in [0.717, 1.165) is 10.8 Å². The lowest BCUT2D eigenvalue weighted by molar-refractivity contribution is -0.123. The van der Waals surface area contributed by atoms with Crippen molar-refractivity contribution in [1.29, 1.82) is 0 Å². The van der Waals surface area contributed by atoms with Crippen LogP contribution in [-0.2, 0) is 19.6 Å². The van der Waals surface area contributed by atoms with Gasteiger partial charge < -0.3 is 10.1 Å². The smallest absolute Gasteiger partial charge is 0.338 e. The number of esters is 1. The van der Waals surface area contributed by atoms with Gasteiger partial charge in [-0.2, -0.15) is 0 Å². The number of primary sulfonamides is 1. The highest BCUT2D eigenvalue weighted by molar-refractivity contribution is 7.89. The molecule has 7 nitrogen and oxygen atoms in total. The van der Waals surface area contributed by atoms with Crippen LogP contribution in [0.5, 0.6) is 0 Å².